The third-order valence-electron chi connectivity index (χ3n) is 4.37. The number of Topliss-reactive ketones (excluding diaryl/α,β-unsaturated/α-hetero) is 1. The number of nitrogens with zero attached hydrogens (tertiary/aromatic N) is 1. The lowest BCUT2D eigenvalue weighted by atomic mass is 9.89. The van der Waals surface area contributed by atoms with Crippen molar-refractivity contribution in [3.05, 3.63) is 53.3 Å². The molecule has 0 amide bonds. The first-order valence-corrected chi connectivity index (χ1v) is 6.92. The largest absolute Gasteiger partial charge is 0.300 e. The highest BCUT2D eigenvalue weighted by Gasteiger charge is 2.40. The number of fused-ring (bicyclic) bond motifs is 1. The van der Waals surface area contributed by atoms with Crippen molar-refractivity contribution in [3.63, 3.8) is 0 Å². The Kier molecular flexibility index (Phi) is 3.14. The molecule has 19 heavy (non-hydrogen) atoms. The average Bonchev–Trinajstić information content (AvgIpc) is 2.81. The summed E-state index contributed by atoms with van der Waals surface area (Å²) in [6.07, 6.45) is 2.29. The molecule has 2 heteroatoms. The number of carbonyl (C=O) groups excluding carboxylic acids is 1. The van der Waals surface area contributed by atoms with Crippen molar-refractivity contribution in [2.75, 3.05) is 6.54 Å². The van der Waals surface area contributed by atoms with Gasteiger partial charge in [-0.15, -0.1) is 5.73 Å². The van der Waals surface area contributed by atoms with Gasteiger partial charge in [-0.1, -0.05) is 36.4 Å². The molecule has 1 aromatic rings. The van der Waals surface area contributed by atoms with Crippen molar-refractivity contribution in [1.82, 2.24) is 4.90 Å². The van der Waals surface area contributed by atoms with Gasteiger partial charge < -0.3 is 0 Å². The van der Waals surface area contributed by atoms with Crippen molar-refractivity contribution in [2.24, 2.45) is 0 Å². The first-order valence-electron chi connectivity index (χ1n) is 6.92. The van der Waals surface area contributed by atoms with Crippen LogP contribution in [0.1, 0.15) is 36.4 Å². The predicted molar refractivity (Wildman–Crippen MR) is 75.9 cm³/mol. The van der Waals surface area contributed by atoms with E-state index in [9.17, 15) is 4.79 Å². The lowest BCUT2D eigenvalue weighted by molar-refractivity contribution is -0.124. The van der Waals surface area contributed by atoms with Crippen LogP contribution in [0, 0.1) is 6.92 Å². The number of hydrogen-bond acceptors (Lipinski definition) is 2. The first-order chi connectivity index (χ1) is 9.19. The summed E-state index contributed by atoms with van der Waals surface area (Å²) in [5, 5.41) is 0. The second kappa shape index (κ2) is 4.80. The summed E-state index contributed by atoms with van der Waals surface area (Å²) in [5.74, 6) is 0.362. The second-order valence-corrected chi connectivity index (χ2v) is 5.58. The summed E-state index contributed by atoms with van der Waals surface area (Å²) in [6.45, 7) is 6.88. The van der Waals surface area contributed by atoms with E-state index < -0.39 is 0 Å². The van der Waals surface area contributed by atoms with Gasteiger partial charge in [0.15, 0.2) is 0 Å². The molecule has 2 heterocycles. The highest BCUT2D eigenvalue weighted by Crippen LogP contribution is 2.39. The molecule has 98 valence electrons. The number of piperidine rings is 1. The fraction of sp³-hybridized carbons (Fsp3) is 0.412. The van der Waals surface area contributed by atoms with E-state index in [0.717, 1.165) is 13.0 Å². The Morgan fingerprint density at radius 2 is 1.89 bits per heavy atom. The normalized spacial score (nSPS) is 27.2. The fourth-order valence-corrected chi connectivity index (χ4v) is 3.32. The quantitative estimate of drug-likeness (QED) is 0.716. The van der Waals surface area contributed by atoms with Gasteiger partial charge in [0.05, 0.1) is 0 Å². The molecule has 0 saturated carbocycles. The molecule has 2 fully saturated rings. The summed E-state index contributed by atoms with van der Waals surface area (Å²) in [7, 11) is 0. The third kappa shape index (κ3) is 2.18. The predicted octanol–water partition coefficient (Wildman–Crippen LogP) is 3.18. The number of carbonyl (C=O) groups is 1. The van der Waals surface area contributed by atoms with Crippen molar-refractivity contribution < 1.29 is 4.79 Å². The first kappa shape index (κ1) is 12.4. The molecule has 1 aromatic carbocycles. The van der Waals surface area contributed by atoms with Crippen molar-refractivity contribution in [1.29, 1.82) is 0 Å². The number of aryl methyl sites for hydroxylation is 1. The average molecular weight is 253 g/mol. The van der Waals surface area contributed by atoms with Crippen molar-refractivity contribution >= 4 is 5.78 Å². The Balaban J connectivity index is 1.94. The number of hydrogen-bond donors (Lipinski definition) is 0. The molecule has 0 N–H and O–H groups in total. The zero-order valence-electron chi connectivity index (χ0n) is 11.4. The summed E-state index contributed by atoms with van der Waals surface area (Å²) in [4.78, 5) is 14.5. The highest BCUT2D eigenvalue weighted by molar-refractivity contribution is 5.81. The lowest BCUT2D eigenvalue weighted by Crippen LogP contribution is -2.41. The SMILES string of the molecule is C=C=C1CCN2[C@H]1CC(=O)C[C@H]2c1ccc(C)cc1. The molecular weight excluding hydrogens is 234 g/mol. The fourth-order valence-electron chi connectivity index (χ4n) is 3.32. The lowest BCUT2D eigenvalue weighted by Gasteiger charge is -2.37. The Morgan fingerprint density at radius 1 is 1.21 bits per heavy atom. The number of rotatable bonds is 1. The molecule has 0 unspecified atom stereocenters. The topological polar surface area (TPSA) is 20.3 Å². The standard InChI is InChI=1S/C17H19NO/c1-3-13-8-9-18-16(13)10-15(19)11-17(18)14-6-4-12(2)5-7-14/h4-7,16-17H,1,8-11H2,2H3/t16-,17-/m0/s1. The van der Waals surface area contributed by atoms with Gasteiger partial charge in [0, 0.05) is 31.5 Å². The maximum Gasteiger partial charge on any atom is 0.136 e. The van der Waals surface area contributed by atoms with Gasteiger partial charge in [0.25, 0.3) is 0 Å². The van der Waals surface area contributed by atoms with E-state index >= 15 is 0 Å². The summed E-state index contributed by atoms with van der Waals surface area (Å²) >= 11 is 0. The van der Waals surface area contributed by atoms with Gasteiger partial charge in [-0.3, -0.25) is 9.69 Å². The molecule has 2 aliphatic rings. The van der Waals surface area contributed by atoms with E-state index in [0.29, 0.717) is 18.6 Å². The molecule has 2 atom stereocenters. The maximum atomic E-state index is 12.0. The van der Waals surface area contributed by atoms with Crippen molar-refractivity contribution in [2.45, 2.75) is 38.3 Å². The zero-order chi connectivity index (χ0) is 13.4. The van der Waals surface area contributed by atoms with Crippen LogP contribution in [0.2, 0.25) is 0 Å². The molecule has 0 radical (unpaired) electrons. The Labute approximate surface area is 114 Å². The van der Waals surface area contributed by atoms with E-state index in [-0.39, 0.29) is 12.1 Å². The molecule has 0 spiro atoms. The van der Waals surface area contributed by atoms with Crippen LogP contribution in [0.3, 0.4) is 0 Å². The van der Waals surface area contributed by atoms with Crippen LogP contribution >= 0.6 is 0 Å². The minimum Gasteiger partial charge on any atom is -0.300 e. The van der Waals surface area contributed by atoms with E-state index in [1.807, 2.05) is 0 Å². The van der Waals surface area contributed by atoms with Crippen molar-refractivity contribution in [3.8, 4) is 0 Å². The molecule has 0 aromatic heterocycles. The monoisotopic (exact) mass is 253 g/mol. The van der Waals surface area contributed by atoms with Crippen LogP contribution in [0.15, 0.2) is 42.1 Å². The van der Waals surface area contributed by atoms with Gasteiger partial charge in [0.1, 0.15) is 5.78 Å². The summed E-state index contributed by atoms with van der Waals surface area (Å²) < 4.78 is 0. The number of ketones is 1. The summed E-state index contributed by atoms with van der Waals surface area (Å²) in [6, 6.07) is 9.05. The Bertz CT molecular complexity index is 551. The van der Waals surface area contributed by atoms with E-state index in [2.05, 4.69) is 48.4 Å². The summed E-state index contributed by atoms with van der Waals surface area (Å²) in [5.41, 5.74) is 6.77. The zero-order valence-corrected chi connectivity index (χ0v) is 11.4. The molecule has 3 rings (SSSR count). The maximum absolute atomic E-state index is 12.0. The molecule has 0 aliphatic carbocycles. The van der Waals surface area contributed by atoms with Gasteiger partial charge in [-0.25, -0.2) is 0 Å². The van der Waals surface area contributed by atoms with E-state index in [1.165, 1.54) is 16.7 Å². The van der Waals surface area contributed by atoms with Crippen LogP contribution in [0.5, 0.6) is 0 Å². The minimum atomic E-state index is 0.234. The van der Waals surface area contributed by atoms with Gasteiger partial charge >= 0.3 is 0 Å². The van der Waals surface area contributed by atoms with Crippen LogP contribution in [-0.4, -0.2) is 23.3 Å². The van der Waals surface area contributed by atoms with E-state index in [4.69, 9.17) is 0 Å². The van der Waals surface area contributed by atoms with Crippen LogP contribution < -0.4 is 0 Å². The van der Waals surface area contributed by atoms with E-state index in [1.54, 1.807) is 0 Å². The highest BCUT2D eigenvalue weighted by atomic mass is 16.1. The molecule has 0 bridgehead atoms. The van der Waals surface area contributed by atoms with Gasteiger partial charge in [-0.05, 0) is 24.5 Å². The molecule has 2 saturated heterocycles. The third-order valence-corrected chi connectivity index (χ3v) is 4.37. The van der Waals surface area contributed by atoms with Crippen LogP contribution in [-0.2, 0) is 4.79 Å². The minimum absolute atomic E-state index is 0.234. The molecule has 2 nitrogen and oxygen atoms in total. The van der Waals surface area contributed by atoms with Gasteiger partial charge in [-0.2, -0.15) is 0 Å². The Morgan fingerprint density at radius 3 is 2.58 bits per heavy atom. The second-order valence-electron chi connectivity index (χ2n) is 5.58. The Hall–Kier alpha value is -1.63. The smallest absolute Gasteiger partial charge is 0.136 e. The van der Waals surface area contributed by atoms with Crippen LogP contribution in [0.4, 0.5) is 0 Å². The van der Waals surface area contributed by atoms with Crippen LogP contribution in [0.25, 0.3) is 0 Å². The van der Waals surface area contributed by atoms with Gasteiger partial charge in [0.2, 0.25) is 0 Å². The number of benzene rings is 1. The molecule has 2 aliphatic heterocycles. The molecular formula is C17H19NO.